The highest BCUT2D eigenvalue weighted by atomic mass is 32.2. The van der Waals surface area contributed by atoms with E-state index in [4.69, 9.17) is 0 Å². The van der Waals surface area contributed by atoms with E-state index in [-0.39, 0.29) is 17.0 Å². The lowest BCUT2D eigenvalue weighted by atomic mass is 10.2. The molecule has 0 bridgehead atoms. The molecule has 0 amide bonds. The lowest BCUT2D eigenvalue weighted by Crippen LogP contribution is -2.33. The summed E-state index contributed by atoms with van der Waals surface area (Å²) >= 11 is 0. The van der Waals surface area contributed by atoms with Crippen LogP contribution in [0.15, 0.2) is 23.1 Å². The van der Waals surface area contributed by atoms with Gasteiger partial charge in [-0.25, -0.2) is 17.5 Å². The number of hydrogen-bond acceptors (Lipinski definition) is 3. The number of nitrogens with one attached hydrogen (secondary N) is 2. The second kappa shape index (κ2) is 7.15. The average Bonchev–Trinajstić information content (AvgIpc) is 2.36. The maximum atomic E-state index is 13.4. The fourth-order valence-electron chi connectivity index (χ4n) is 1.65. The third-order valence-corrected chi connectivity index (χ3v) is 4.66. The van der Waals surface area contributed by atoms with Crippen LogP contribution in [-0.4, -0.2) is 20.5 Å². The van der Waals surface area contributed by atoms with E-state index in [2.05, 4.69) is 10.0 Å². The molecule has 20 heavy (non-hydrogen) atoms. The summed E-state index contributed by atoms with van der Waals surface area (Å²) in [5.74, 6) is -0.553. The number of sulfonamides is 1. The Kier molecular flexibility index (Phi) is 6.10. The first-order valence-electron chi connectivity index (χ1n) is 6.80. The van der Waals surface area contributed by atoms with Crippen molar-refractivity contribution in [1.29, 1.82) is 0 Å². The number of rotatable bonds is 7. The van der Waals surface area contributed by atoms with Gasteiger partial charge in [-0.15, -0.1) is 0 Å². The van der Waals surface area contributed by atoms with Crippen LogP contribution in [0.3, 0.4) is 0 Å². The highest BCUT2D eigenvalue weighted by Gasteiger charge is 2.21. The lowest BCUT2D eigenvalue weighted by molar-refractivity contribution is 0.546. The van der Waals surface area contributed by atoms with Crippen molar-refractivity contribution in [2.75, 3.05) is 0 Å². The highest BCUT2D eigenvalue weighted by Crippen LogP contribution is 2.18. The first kappa shape index (κ1) is 17.1. The molecule has 0 aliphatic heterocycles. The summed E-state index contributed by atoms with van der Waals surface area (Å²) in [5.41, 5.74) is 0.566. The predicted molar refractivity (Wildman–Crippen MR) is 78.5 cm³/mol. The maximum absolute atomic E-state index is 13.4. The SMILES string of the molecule is CCC(C)NS(=O)(=O)c1cc(F)ccc1CNC(C)C. The Morgan fingerprint density at radius 3 is 2.45 bits per heavy atom. The molecule has 2 N–H and O–H groups in total. The summed E-state index contributed by atoms with van der Waals surface area (Å²) in [5, 5.41) is 3.15. The first-order valence-corrected chi connectivity index (χ1v) is 8.28. The van der Waals surface area contributed by atoms with Gasteiger partial charge in [-0.2, -0.15) is 0 Å². The van der Waals surface area contributed by atoms with Gasteiger partial charge in [-0.1, -0.05) is 26.8 Å². The Hall–Kier alpha value is -0.980. The van der Waals surface area contributed by atoms with Crippen LogP contribution >= 0.6 is 0 Å². The van der Waals surface area contributed by atoms with Crippen LogP contribution in [0.4, 0.5) is 4.39 Å². The van der Waals surface area contributed by atoms with Crippen molar-refractivity contribution >= 4 is 10.0 Å². The fraction of sp³-hybridized carbons (Fsp3) is 0.571. The largest absolute Gasteiger partial charge is 0.310 e. The molecule has 1 aromatic rings. The molecule has 0 heterocycles. The third-order valence-electron chi connectivity index (χ3n) is 2.99. The summed E-state index contributed by atoms with van der Waals surface area (Å²) in [6, 6.07) is 3.89. The van der Waals surface area contributed by atoms with Gasteiger partial charge in [-0.3, -0.25) is 0 Å². The van der Waals surface area contributed by atoms with E-state index in [0.717, 1.165) is 6.07 Å². The van der Waals surface area contributed by atoms with E-state index in [0.29, 0.717) is 18.5 Å². The molecule has 4 nitrogen and oxygen atoms in total. The molecule has 1 unspecified atom stereocenters. The van der Waals surface area contributed by atoms with Crippen LogP contribution in [0.2, 0.25) is 0 Å². The van der Waals surface area contributed by atoms with E-state index in [1.807, 2.05) is 20.8 Å². The molecule has 1 aromatic carbocycles. The Balaban J connectivity index is 3.11. The summed E-state index contributed by atoms with van der Waals surface area (Å²) < 4.78 is 40.6. The molecule has 0 aliphatic carbocycles. The molecule has 1 rings (SSSR count). The topological polar surface area (TPSA) is 58.2 Å². The minimum absolute atomic E-state index is 0.00551. The Morgan fingerprint density at radius 1 is 1.25 bits per heavy atom. The predicted octanol–water partition coefficient (Wildman–Crippen LogP) is 2.40. The van der Waals surface area contributed by atoms with Gasteiger partial charge in [0.15, 0.2) is 0 Å². The van der Waals surface area contributed by atoms with Crippen LogP contribution in [0, 0.1) is 5.82 Å². The van der Waals surface area contributed by atoms with Gasteiger partial charge in [0.2, 0.25) is 10.0 Å². The highest BCUT2D eigenvalue weighted by molar-refractivity contribution is 7.89. The second-order valence-corrected chi connectivity index (χ2v) is 6.90. The summed E-state index contributed by atoms with van der Waals surface area (Å²) in [4.78, 5) is 0.00551. The van der Waals surface area contributed by atoms with Crippen LogP contribution in [0.5, 0.6) is 0 Å². The number of benzene rings is 1. The van der Waals surface area contributed by atoms with Gasteiger partial charge in [0.1, 0.15) is 5.82 Å². The van der Waals surface area contributed by atoms with Crippen LogP contribution in [0.25, 0.3) is 0 Å². The van der Waals surface area contributed by atoms with Crippen LogP contribution in [0.1, 0.15) is 39.7 Å². The molecule has 0 fully saturated rings. The quantitative estimate of drug-likeness (QED) is 0.813. The van der Waals surface area contributed by atoms with E-state index >= 15 is 0 Å². The third kappa shape index (κ3) is 4.85. The summed E-state index contributed by atoms with van der Waals surface area (Å²) in [6.45, 7) is 7.99. The van der Waals surface area contributed by atoms with Crippen molar-refractivity contribution in [3.05, 3.63) is 29.6 Å². The first-order chi connectivity index (χ1) is 9.26. The summed E-state index contributed by atoms with van der Waals surface area (Å²) in [7, 11) is -3.70. The molecule has 0 spiro atoms. The molecule has 0 saturated carbocycles. The van der Waals surface area contributed by atoms with E-state index in [1.54, 1.807) is 6.92 Å². The second-order valence-electron chi connectivity index (χ2n) is 5.22. The van der Waals surface area contributed by atoms with Crippen LogP contribution < -0.4 is 10.0 Å². The van der Waals surface area contributed by atoms with Crippen molar-refractivity contribution in [3.8, 4) is 0 Å². The lowest BCUT2D eigenvalue weighted by Gasteiger charge is -2.16. The Labute approximate surface area is 120 Å². The van der Waals surface area contributed by atoms with Gasteiger partial charge in [0.25, 0.3) is 0 Å². The standard InChI is InChI=1S/C14H23FN2O2S/c1-5-11(4)17-20(18,19)14-8-13(15)7-6-12(14)9-16-10(2)3/h6-8,10-11,16-17H,5,9H2,1-4H3. The molecule has 1 atom stereocenters. The zero-order valence-electron chi connectivity index (χ0n) is 12.4. The molecular formula is C14H23FN2O2S. The molecule has 0 radical (unpaired) electrons. The fourth-order valence-corrected chi connectivity index (χ4v) is 3.23. The zero-order chi connectivity index (χ0) is 15.3. The van der Waals surface area contributed by atoms with Gasteiger partial charge >= 0.3 is 0 Å². The minimum Gasteiger partial charge on any atom is -0.310 e. The van der Waals surface area contributed by atoms with Crippen molar-refractivity contribution in [1.82, 2.24) is 10.0 Å². The van der Waals surface area contributed by atoms with Gasteiger partial charge in [0, 0.05) is 18.6 Å². The molecule has 6 heteroatoms. The number of hydrogen-bond donors (Lipinski definition) is 2. The van der Waals surface area contributed by atoms with Gasteiger partial charge < -0.3 is 5.32 Å². The normalized spacial score (nSPS) is 13.7. The average molecular weight is 302 g/mol. The van der Waals surface area contributed by atoms with Crippen molar-refractivity contribution in [2.24, 2.45) is 0 Å². The van der Waals surface area contributed by atoms with Crippen molar-refractivity contribution in [2.45, 2.75) is 57.6 Å². The van der Waals surface area contributed by atoms with E-state index in [1.165, 1.54) is 12.1 Å². The van der Waals surface area contributed by atoms with E-state index < -0.39 is 15.8 Å². The maximum Gasteiger partial charge on any atom is 0.241 e. The monoisotopic (exact) mass is 302 g/mol. The molecule has 114 valence electrons. The van der Waals surface area contributed by atoms with Crippen molar-refractivity contribution < 1.29 is 12.8 Å². The Bertz CT molecular complexity index is 544. The summed E-state index contributed by atoms with van der Waals surface area (Å²) in [6.07, 6.45) is 0.675. The smallest absolute Gasteiger partial charge is 0.241 e. The van der Waals surface area contributed by atoms with Crippen molar-refractivity contribution in [3.63, 3.8) is 0 Å². The number of halogens is 1. The Morgan fingerprint density at radius 2 is 1.90 bits per heavy atom. The molecule has 0 aliphatic rings. The van der Waals surface area contributed by atoms with Gasteiger partial charge in [-0.05, 0) is 31.0 Å². The zero-order valence-corrected chi connectivity index (χ0v) is 13.2. The van der Waals surface area contributed by atoms with Gasteiger partial charge in [0.05, 0.1) is 4.90 Å². The molecule has 0 aromatic heterocycles. The molecule has 0 saturated heterocycles. The van der Waals surface area contributed by atoms with E-state index in [9.17, 15) is 12.8 Å². The van der Waals surface area contributed by atoms with Crippen LogP contribution in [-0.2, 0) is 16.6 Å². The minimum atomic E-state index is -3.70. The molecular weight excluding hydrogens is 279 g/mol.